The molecule has 1 aliphatic heterocycles. The lowest BCUT2D eigenvalue weighted by atomic mass is 10.00. The summed E-state index contributed by atoms with van der Waals surface area (Å²) in [5, 5.41) is 6.31. The Morgan fingerprint density at radius 2 is 1.97 bits per heavy atom. The monoisotopic (exact) mass is 531 g/mol. The van der Waals surface area contributed by atoms with Crippen LogP contribution in [-0.4, -0.2) is 87.7 Å². The summed E-state index contributed by atoms with van der Waals surface area (Å²) in [6, 6.07) is 8.65. The number of aryl methyl sites for hydroxylation is 1. The van der Waals surface area contributed by atoms with Crippen molar-refractivity contribution in [2.24, 2.45) is 4.99 Å². The number of piperazine rings is 1. The zero-order valence-corrected chi connectivity index (χ0v) is 21.1. The van der Waals surface area contributed by atoms with E-state index >= 15 is 0 Å². The second-order valence-electron chi connectivity index (χ2n) is 7.62. The molecular weight excluding hydrogens is 493 g/mol. The number of halogens is 1. The van der Waals surface area contributed by atoms with Gasteiger partial charge in [0.2, 0.25) is 5.91 Å². The molecule has 7 nitrogen and oxygen atoms in total. The summed E-state index contributed by atoms with van der Waals surface area (Å²) >= 11 is 0. The number of carbonyl (C=O) groups is 1. The molecule has 1 amide bonds. The van der Waals surface area contributed by atoms with E-state index in [1.54, 1.807) is 7.11 Å². The SMILES string of the molecule is CCNC(=NCC(C)c1cccc(C)c1)N1CCN(CC(=O)NCCOC)CC1.I. The van der Waals surface area contributed by atoms with Crippen LogP contribution in [0.15, 0.2) is 29.3 Å². The van der Waals surface area contributed by atoms with Gasteiger partial charge in [-0.05, 0) is 19.4 Å². The number of amides is 1. The van der Waals surface area contributed by atoms with Gasteiger partial charge in [0.05, 0.1) is 13.2 Å². The molecule has 170 valence electrons. The molecule has 0 aromatic heterocycles. The van der Waals surface area contributed by atoms with Gasteiger partial charge in [-0.3, -0.25) is 14.7 Å². The van der Waals surface area contributed by atoms with Crippen molar-refractivity contribution in [2.75, 3.05) is 66.1 Å². The van der Waals surface area contributed by atoms with Gasteiger partial charge in [0.1, 0.15) is 0 Å². The zero-order valence-electron chi connectivity index (χ0n) is 18.8. The standard InChI is InChI=1S/C22H37N5O2.HI/c1-5-23-22(25-16-19(3)20-8-6-7-18(2)15-20)27-12-10-26(11-13-27)17-21(28)24-9-14-29-4;/h6-8,15,19H,5,9-14,16-17H2,1-4H3,(H,23,25)(H,24,28);1H. The molecule has 2 rings (SSSR count). The Kier molecular flexibility index (Phi) is 13.0. The maximum absolute atomic E-state index is 12.0. The zero-order chi connectivity index (χ0) is 21.1. The van der Waals surface area contributed by atoms with Crippen LogP contribution in [-0.2, 0) is 9.53 Å². The lowest BCUT2D eigenvalue weighted by molar-refractivity contribution is -0.122. The maximum Gasteiger partial charge on any atom is 0.234 e. The van der Waals surface area contributed by atoms with Gasteiger partial charge in [0.25, 0.3) is 0 Å². The molecule has 0 aliphatic carbocycles. The number of benzene rings is 1. The molecule has 2 N–H and O–H groups in total. The number of nitrogens with zero attached hydrogens (tertiary/aromatic N) is 3. The number of carbonyl (C=O) groups excluding carboxylic acids is 1. The number of ether oxygens (including phenoxy) is 1. The van der Waals surface area contributed by atoms with Gasteiger partial charge < -0.3 is 20.3 Å². The molecule has 1 unspecified atom stereocenters. The van der Waals surface area contributed by atoms with Crippen molar-refractivity contribution in [2.45, 2.75) is 26.7 Å². The number of guanidine groups is 1. The summed E-state index contributed by atoms with van der Waals surface area (Å²) < 4.78 is 4.96. The minimum absolute atomic E-state index is 0. The first kappa shape index (κ1) is 26.6. The van der Waals surface area contributed by atoms with Crippen LogP contribution >= 0.6 is 24.0 Å². The minimum atomic E-state index is 0. The average Bonchev–Trinajstić information content (AvgIpc) is 2.72. The topological polar surface area (TPSA) is 69.2 Å². The first-order chi connectivity index (χ1) is 14.0. The molecule has 1 aromatic carbocycles. The van der Waals surface area contributed by atoms with E-state index < -0.39 is 0 Å². The van der Waals surface area contributed by atoms with Crippen LogP contribution in [0.5, 0.6) is 0 Å². The van der Waals surface area contributed by atoms with Gasteiger partial charge >= 0.3 is 0 Å². The molecule has 1 heterocycles. The molecule has 1 saturated heterocycles. The fourth-order valence-corrected chi connectivity index (χ4v) is 3.40. The van der Waals surface area contributed by atoms with E-state index in [0.717, 1.165) is 45.2 Å². The summed E-state index contributed by atoms with van der Waals surface area (Å²) in [6.07, 6.45) is 0. The number of aliphatic imine (C=N–C) groups is 1. The van der Waals surface area contributed by atoms with E-state index in [1.807, 2.05) is 0 Å². The Bertz CT molecular complexity index is 663. The minimum Gasteiger partial charge on any atom is -0.383 e. The fraction of sp³-hybridized carbons (Fsp3) is 0.636. The van der Waals surface area contributed by atoms with Gasteiger partial charge in [-0.2, -0.15) is 0 Å². The van der Waals surface area contributed by atoms with Crippen LogP contribution in [0.1, 0.15) is 30.9 Å². The molecule has 0 spiro atoms. The lowest BCUT2D eigenvalue weighted by Crippen LogP contribution is -2.54. The van der Waals surface area contributed by atoms with Gasteiger partial charge in [0.15, 0.2) is 5.96 Å². The van der Waals surface area contributed by atoms with E-state index in [4.69, 9.17) is 9.73 Å². The maximum atomic E-state index is 12.0. The van der Waals surface area contributed by atoms with Crippen molar-refractivity contribution < 1.29 is 9.53 Å². The molecule has 1 aliphatic rings. The molecule has 1 atom stereocenters. The van der Waals surface area contributed by atoms with Crippen LogP contribution in [0.2, 0.25) is 0 Å². The van der Waals surface area contributed by atoms with Crippen LogP contribution in [0.25, 0.3) is 0 Å². The molecule has 8 heteroatoms. The van der Waals surface area contributed by atoms with Crippen LogP contribution in [0.4, 0.5) is 0 Å². The Morgan fingerprint density at radius 3 is 2.60 bits per heavy atom. The number of rotatable bonds is 9. The third-order valence-corrected chi connectivity index (χ3v) is 5.13. The normalized spacial score (nSPS) is 16.0. The first-order valence-electron chi connectivity index (χ1n) is 10.6. The van der Waals surface area contributed by atoms with Crippen LogP contribution in [0.3, 0.4) is 0 Å². The third-order valence-electron chi connectivity index (χ3n) is 5.13. The molecule has 0 bridgehead atoms. The van der Waals surface area contributed by atoms with Crippen LogP contribution in [0, 0.1) is 6.92 Å². The van der Waals surface area contributed by atoms with Crippen molar-refractivity contribution in [3.63, 3.8) is 0 Å². The Balaban J connectivity index is 0.00000450. The third kappa shape index (κ3) is 9.18. The average molecular weight is 531 g/mol. The van der Waals surface area contributed by atoms with Crippen molar-refractivity contribution in [1.82, 2.24) is 20.4 Å². The summed E-state index contributed by atoms with van der Waals surface area (Å²) in [7, 11) is 1.64. The largest absolute Gasteiger partial charge is 0.383 e. The Labute approximate surface area is 198 Å². The Hall–Kier alpha value is -1.39. The van der Waals surface area contributed by atoms with Crippen LogP contribution < -0.4 is 10.6 Å². The predicted octanol–water partition coefficient (Wildman–Crippen LogP) is 2.06. The van der Waals surface area contributed by atoms with E-state index in [0.29, 0.717) is 25.6 Å². The number of nitrogens with one attached hydrogen (secondary N) is 2. The fourth-order valence-electron chi connectivity index (χ4n) is 3.40. The van der Waals surface area contributed by atoms with E-state index in [1.165, 1.54) is 11.1 Å². The summed E-state index contributed by atoms with van der Waals surface area (Å²) in [5.74, 6) is 1.40. The van der Waals surface area contributed by atoms with Crippen molar-refractivity contribution in [1.29, 1.82) is 0 Å². The smallest absolute Gasteiger partial charge is 0.234 e. The highest BCUT2D eigenvalue weighted by Crippen LogP contribution is 2.17. The van der Waals surface area contributed by atoms with E-state index in [-0.39, 0.29) is 29.9 Å². The lowest BCUT2D eigenvalue weighted by Gasteiger charge is -2.36. The van der Waals surface area contributed by atoms with Gasteiger partial charge in [-0.1, -0.05) is 36.8 Å². The number of hydrogen-bond donors (Lipinski definition) is 2. The number of methoxy groups -OCH3 is 1. The van der Waals surface area contributed by atoms with Crippen molar-refractivity contribution in [3.8, 4) is 0 Å². The van der Waals surface area contributed by atoms with Gasteiger partial charge in [-0.25, -0.2) is 0 Å². The predicted molar refractivity (Wildman–Crippen MR) is 134 cm³/mol. The van der Waals surface area contributed by atoms with Gasteiger partial charge in [0, 0.05) is 58.8 Å². The molecule has 1 fully saturated rings. The molecule has 0 radical (unpaired) electrons. The van der Waals surface area contributed by atoms with E-state index in [2.05, 4.69) is 65.5 Å². The van der Waals surface area contributed by atoms with Gasteiger partial charge in [-0.15, -0.1) is 24.0 Å². The quantitative estimate of drug-likeness (QED) is 0.221. The summed E-state index contributed by atoms with van der Waals surface area (Å²) in [4.78, 5) is 21.4. The highest BCUT2D eigenvalue weighted by Gasteiger charge is 2.21. The molecule has 0 saturated carbocycles. The van der Waals surface area contributed by atoms with E-state index in [9.17, 15) is 4.79 Å². The highest BCUT2D eigenvalue weighted by atomic mass is 127. The number of hydrogen-bond acceptors (Lipinski definition) is 4. The Morgan fingerprint density at radius 1 is 1.23 bits per heavy atom. The summed E-state index contributed by atoms with van der Waals surface area (Å²) in [5.41, 5.74) is 2.61. The molecule has 30 heavy (non-hydrogen) atoms. The molecular formula is C22H38IN5O2. The molecule has 1 aromatic rings. The summed E-state index contributed by atoms with van der Waals surface area (Å²) in [6.45, 7) is 13.1. The first-order valence-corrected chi connectivity index (χ1v) is 10.6. The highest BCUT2D eigenvalue weighted by molar-refractivity contribution is 14.0. The van der Waals surface area contributed by atoms with Crippen molar-refractivity contribution >= 4 is 35.8 Å². The second kappa shape index (κ2) is 14.6. The second-order valence-corrected chi connectivity index (χ2v) is 7.62. The van der Waals surface area contributed by atoms with Crippen molar-refractivity contribution in [3.05, 3.63) is 35.4 Å².